The molecule has 1 aliphatic carbocycles. The Labute approximate surface area is 81.0 Å². The fourth-order valence-corrected chi connectivity index (χ4v) is 1.83. The van der Waals surface area contributed by atoms with Crippen molar-refractivity contribution in [3.05, 3.63) is 28.0 Å². The summed E-state index contributed by atoms with van der Waals surface area (Å²) in [6, 6.07) is 3.04. The van der Waals surface area contributed by atoms with Crippen LogP contribution in [0.25, 0.3) is 0 Å². The molecule has 1 fully saturated rings. The summed E-state index contributed by atoms with van der Waals surface area (Å²) in [5.41, 5.74) is 5.82. The first-order valence-electron chi connectivity index (χ1n) is 4.44. The van der Waals surface area contributed by atoms with Crippen molar-refractivity contribution >= 4 is 5.88 Å². The van der Waals surface area contributed by atoms with Gasteiger partial charge >= 0.3 is 5.88 Å². The number of hydrogen-bond acceptors (Lipinski definition) is 4. The van der Waals surface area contributed by atoms with Gasteiger partial charge in [-0.2, -0.15) is 0 Å². The molecule has 0 bridgehead atoms. The topological polar surface area (TPSA) is 82.3 Å². The second-order valence-corrected chi connectivity index (χ2v) is 4.26. The molecule has 2 N–H and O–H groups in total. The Morgan fingerprint density at radius 1 is 1.57 bits per heavy atom. The Hall–Kier alpha value is -1.36. The van der Waals surface area contributed by atoms with Gasteiger partial charge < -0.3 is 10.2 Å². The Morgan fingerprint density at radius 3 is 2.50 bits per heavy atom. The molecule has 2 atom stereocenters. The van der Waals surface area contributed by atoms with Crippen LogP contribution in [-0.4, -0.2) is 11.0 Å². The van der Waals surface area contributed by atoms with Crippen LogP contribution in [0.5, 0.6) is 0 Å². The monoisotopic (exact) mass is 196 g/mol. The summed E-state index contributed by atoms with van der Waals surface area (Å²) in [7, 11) is 0. The molecule has 5 nitrogen and oxygen atoms in total. The Kier molecular flexibility index (Phi) is 1.69. The first kappa shape index (κ1) is 9.21. The van der Waals surface area contributed by atoms with E-state index in [1.54, 1.807) is 6.07 Å². The number of rotatable bonds is 2. The molecule has 0 amide bonds. The molecule has 5 heteroatoms. The van der Waals surface area contributed by atoms with Crippen LogP contribution in [0.2, 0.25) is 0 Å². The van der Waals surface area contributed by atoms with Crippen LogP contribution in [-0.2, 0) is 0 Å². The number of nitrogens with zero attached hydrogens (tertiary/aromatic N) is 1. The van der Waals surface area contributed by atoms with E-state index in [1.807, 2.05) is 13.8 Å². The number of nitrogens with two attached hydrogens (primary N) is 1. The van der Waals surface area contributed by atoms with Gasteiger partial charge in [0, 0.05) is 12.0 Å². The molecule has 0 spiro atoms. The van der Waals surface area contributed by atoms with Crippen molar-refractivity contribution < 1.29 is 9.34 Å². The van der Waals surface area contributed by atoms with Crippen LogP contribution in [0.3, 0.4) is 0 Å². The standard InChI is InChI=1S/C9H12N2O3/c1-9(2)7(8(9)10)5-3-4-6(14-5)11(12)13/h3-4,7-8H,10H2,1-2H3. The average Bonchev–Trinajstić information content (AvgIpc) is 2.55. The second kappa shape index (κ2) is 2.57. The smallest absolute Gasteiger partial charge is 0.405 e. The summed E-state index contributed by atoms with van der Waals surface area (Å²) >= 11 is 0. The first-order chi connectivity index (χ1) is 6.44. The molecule has 1 aromatic heterocycles. The minimum absolute atomic E-state index is 0.00821. The van der Waals surface area contributed by atoms with Crippen LogP contribution in [0, 0.1) is 15.5 Å². The third kappa shape index (κ3) is 1.13. The van der Waals surface area contributed by atoms with E-state index in [1.165, 1.54) is 6.07 Å². The number of furan rings is 1. The summed E-state index contributed by atoms with van der Waals surface area (Å²) in [5, 5.41) is 10.4. The lowest BCUT2D eigenvalue weighted by atomic mass is 10.1. The van der Waals surface area contributed by atoms with Crippen molar-refractivity contribution in [1.82, 2.24) is 0 Å². The Bertz CT molecular complexity index is 383. The van der Waals surface area contributed by atoms with Gasteiger partial charge in [-0.15, -0.1) is 0 Å². The highest BCUT2D eigenvalue weighted by atomic mass is 16.6. The summed E-state index contributed by atoms with van der Waals surface area (Å²) < 4.78 is 5.10. The number of nitro groups is 1. The van der Waals surface area contributed by atoms with E-state index in [0.717, 1.165) is 0 Å². The molecule has 0 aliphatic heterocycles. The molecule has 2 unspecified atom stereocenters. The lowest BCUT2D eigenvalue weighted by Gasteiger charge is -1.96. The van der Waals surface area contributed by atoms with E-state index in [9.17, 15) is 10.1 Å². The van der Waals surface area contributed by atoms with Gasteiger partial charge in [-0.1, -0.05) is 13.8 Å². The molecule has 1 aliphatic rings. The van der Waals surface area contributed by atoms with Gasteiger partial charge in [0.1, 0.15) is 10.7 Å². The average molecular weight is 196 g/mol. The predicted molar refractivity (Wildman–Crippen MR) is 49.9 cm³/mol. The molecule has 1 saturated carbocycles. The second-order valence-electron chi connectivity index (χ2n) is 4.26. The SMILES string of the molecule is CC1(C)C(N)C1c1ccc([N+](=O)[O-])o1. The van der Waals surface area contributed by atoms with Crippen LogP contribution in [0.4, 0.5) is 5.88 Å². The lowest BCUT2D eigenvalue weighted by molar-refractivity contribution is -0.402. The zero-order valence-electron chi connectivity index (χ0n) is 8.06. The van der Waals surface area contributed by atoms with Crippen LogP contribution < -0.4 is 5.73 Å². The van der Waals surface area contributed by atoms with E-state index in [2.05, 4.69) is 0 Å². The molecule has 0 aromatic carbocycles. The molecule has 0 radical (unpaired) electrons. The van der Waals surface area contributed by atoms with Gasteiger partial charge in [-0.25, -0.2) is 0 Å². The van der Waals surface area contributed by atoms with E-state index < -0.39 is 4.92 Å². The molecule has 1 heterocycles. The Morgan fingerprint density at radius 2 is 2.14 bits per heavy atom. The maximum absolute atomic E-state index is 10.4. The van der Waals surface area contributed by atoms with Gasteiger partial charge in [0.05, 0.1) is 6.07 Å². The van der Waals surface area contributed by atoms with Crippen molar-refractivity contribution in [1.29, 1.82) is 0 Å². The first-order valence-corrected chi connectivity index (χ1v) is 4.44. The third-order valence-electron chi connectivity index (χ3n) is 3.01. The third-order valence-corrected chi connectivity index (χ3v) is 3.01. The molecule has 76 valence electrons. The maximum atomic E-state index is 10.4. The van der Waals surface area contributed by atoms with E-state index in [4.69, 9.17) is 10.2 Å². The zero-order chi connectivity index (χ0) is 10.5. The minimum Gasteiger partial charge on any atom is -0.405 e. The molecule has 0 saturated heterocycles. The van der Waals surface area contributed by atoms with Gasteiger partial charge in [-0.3, -0.25) is 10.1 Å². The van der Waals surface area contributed by atoms with Gasteiger partial charge in [0.25, 0.3) is 0 Å². The fourth-order valence-electron chi connectivity index (χ4n) is 1.83. The fraction of sp³-hybridized carbons (Fsp3) is 0.556. The Balaban J connectivity index is 2.24. The van der Waals surface area contributed by atoms with Gasteiger partial charge in [-0.05, 0) is 11.5 Å². The molecule has 14 heavy (non-hydrogen) atoms. The zero-order valence-corrected chi connectivity index (χ0v) is 8.06. The normalized spacial score (nSPS) is 28.8. The van der Waals surface area contributed by atoms with E-state index in [0.29, 0.717) is 5.76 Å². The highest BCUT2D eigenvalue weighted by molar-refractivity contribution is 5.31. The molecule has 2 rings (SSSR count). The predicted octanol–water partition coefficient (Wildman–Crippen LogP) is 1.64. The summed E-state index contributed by atoms with van der Waals surface area (Å²) in [5.74, 6) is 0.514. The van der Waals surface area contributed by atoms with Crippen LogP contribution in [0.1, 0.15) is 25.5 Å². The molecular weight excluding hydrogens is 184 g/mol. The summed E-state index contributed by atoms with van der Waals surface area (Å²) in [6.07, 6.45) is 0. The highest BCUT2D eigenvalue weighted by Gasteiger charge is 2.58. The van der Waals surface area contributed by atoms with E-state index >= 15 is 0 Å². The lowest BCUT2D eigenvalue weighted by Crippen LogP contribution is -2.06. The van der Waals surface area contributed by atoms with Crippen molar-refractivity contribution in [2.24, 2.45) is 11.1 Å². The molecule has 1 aromatic rings. The maximum Gasteiger partial charge on any atom is 0.433 e. The largest absolute Gasteiger partial charge is 0.433 e. The summed E-state index contributed by atoms with van der Waals surface area (Å²) in [4.78, 5) is 9.84. The van der Waals surface area contributed by atoms with Gasteiger partial charge in [0.15, 0.2) is 0 Å². The minimum atomic E-state index is -0.537. The van der Waals surface area contributed by atoms with E-state index in [-0.39, 0.29) is 23.3 Å². The van der Waals surface area contributed by atoms with Gasteiger partial charge in [0.2, 0.25) is 0 Å². The molecular formula is C9H12N2O3. The van der Waals surface area contributed by atoms with Crippen LogP contribution in [0.15, 0.2) is 16.5 Å². The van der Waals surface area contributed by atoms with Crippen molar-refractivity contribution in [2.75, 3.05) is 0 Å². The quantitative estimate of drug-likeness (QED) is 0.575. The van der Waals surface area contributed by atoms with Crippen molar-refractivity contribution in [3.63, 3.8) is 0 Å². The number of hydrogen-bond donors (Lipinski definition) is 1. The summed E-state index contributed by atoms with van der Waals surface area (Å²) in [6.45, 7) is 4.05. The highest BCUT2D eigenvalue weighted by Crippen LogP contribution is 2.57. The van der Waals surface area contributed by atoms with Crippen molar-refractivity contribution in [2.45, 2.75) is 25.8 Å². The van der Waals surface area contributed by atoms with Crippen molar-refractivity contribution in [3.8, 4) is 0 Å². The van der Waals surface area contributed by atoms with Crippen LogP contribution >= 0.6 is 0 Å².